The van der Waals surface area contributed by atoms with Gasteiger partial charge in [-0.25, -0.2) is 4.79 Å². The molecule has 0 saturated carbocycles. The number of rotatable bonds is 3. The van der Waals surface area contributed by atoms with Gasteiger partial charge < -0.3 is 10.6 Å². The summed E-state index contributed by atoms with van der Waals surface area (Å²) >= 11 is 0. The first kappa shape index (κ1) is 11.2. The van der Waals surface area contributed by atoms with E-state index in [-0.39, 0.29) is 11.8 Å². The summed E-state index contributed by atoms with van der Waals surface area (Å²) in [5.74, 6) is -0.407. The minimum Gasteiger partial charge on any atom is -0.380 e. The number of hydrogen-bond acceptors (Lipinski definition) is 3. The Morgan fingerprint density at radius 2 is 1.93 bits per heavy atom. The molecule has 0 unspecified atom stereocenters. The SMILES string of the molecule is CC(C)C(=O)O/N=C(/N)c1ccccc1. The van der Waals surface area contributed by atoms with Gasteiger partial charge in [-0.3, -0.25) is 0 Å². The minimum atomic E-state index is -0.395. The van der Waals surface area contributed by atoms with Gasteiger partial charge in [-0.1, -0.05) is 49.3 Å². The highest BCUT2D eigenvalue weighted by atomic mass is 16.7. The van der Waals surface area contributed by atoms with Crippen LogP contribution in [0.1, 0.15) is 19.4 Å². The molecule has 0 aliphatic rings. The zero-order chi connectivity index (χ0) is 11.3. The van der Waals surface area contributed by atoms with Crippen molar-refractivity contribution in [2.45, 2.75) is 13.8 Å². The fraction of sp³-hybridized carbons (Fsp3) is 0.273. The van der Waals surface area contributed by atoms with Crippen molar-refractivity contribution >= 4 is 11.8 Å². The first-order valence-corrected chi connectivity index (χ1v) is 4.71. The van der Waals surface area contributed by atoms with Crippen molar-refractivity contribution in [3.05, 3.63) is 35.9 Å². The summed E-state index contributed by atoms with van der Waals surface area (Å²) in [4.78, 5) is 15.7. The van der Waals surface area contributed by atoms with Crippen LogP contribution in [0.15, 0.2) is 35.5 Å². The maximum absolute atomic E-state index is 11.1. The Morgan fingerprint density at radius 3 is 2.47 bits per heavy atom. The summed E-state index contributed by atoms with van der Waals surface area (Å²) in [7, 11) is 0. The van der Waals surface area contributed by atoms with Crippen molar-refractivity contribution in [2.75, 3.05) is 0 Å². The van der Waals surface area contributed by atoms with Crippen LogP contribution in [0.25, 0.3) is 0 Å². The van der Waals surface area contributed by atoms with Crippen molar-refractivity contribution in [3.8, 4) is 0 Å². The van der Waals surface area contributed by atoms with Crippen LogP contribution in [-0.2, 0) is 9.63 Å². The van der Waals surface area contributed by atoms with Gasteiger partial charge in [0, 0.05) is 5.56 Å². The highest BCUT2D eigenvalue weighted by Crippen LogP contribution is 2.00. The van der Waals surface area contributed by atoms with Crippen LogP contribution in [0.4, 0.5) is 0 Å². The average Bonchev–Trinajstić information content (AvgIpc) is 2.26. The summed E-state index contributed by atoms with van der Waals surface area (Å²) < 4.78 is 0. The average molecular weight is 206 g/mol. The molecule has 0 amide bonds. The van der Waals surface area contributed by atoms with E-state index in [9.17, 15) is 4.79 Å². The van der Waals surface area contributed by atoms with Crippen LogP contribution in [-0.4, -0.2) is 11.8 Å². The molecule has 1 rings (SSSR count). The number of oxime groups is 1. The third kappa shape index (κ3) is 3.42. The minimum absolute atomic E-state index is 0.199. The van der Waals surface area contributed by atoms with E-state index in [0.717, 1.165) is 5.56 Å². The third-order valence-corrected chi connectivity index (χ3v) is 1.77. The third-order valence-electron chi connectivity index (χ3n) is 1.77. The number of carbonyl (C=O) groups is 1. The molecular weight excluding hydrogens is 192 g/mol. The van der Waals surface area contributed by atoms with Crippen molar-refractivity contribution in [2.24, 2.45) is 16.8 Å². The zero-order valence-corrected chi connectivity index (χ0v) is 8.81. The molecule has 4 nitrogen and oxygen atoms in total. The van der Waals surface area contributed by atoms with Gasteiger partial charge in [0.2, 0.25) is 0 Å². The predicted octanol–water partition coefficient (Wildman–Crippen LogP) is 1.51. The number of nitrogens with zero attached hydrogens (tertiary/aromatic N) is 1. The van der Waals surface area contributed by atoms with E-state index in [1.807, 2.05) is 18.2 Å². The molecular formula is C11H14N2O2. The lowest BCUT2D eigenvalue weighted by molar-refractivity contribution is -0.147. The molecule has 15 heavy (non-hydrogen) atoms. The monoisotopic (exact) mass is 206 g/mol. The number of benzene rings is 1. The van der Waals surface area contributed by atoms with Crippen LogP contribution in [0.5, 0.6) is 0 Å². The van der Waals surface area contributed by atoms with Gasteiger partial charge >= 0.3 is 5.97 Å². The largest absolute Gasteiger partial charge is 0.380 e. The van der Waals surface area contributed by atoms with Gasteiger partial charge in [0.1, 0.15) is 0 Å². The van der Waals surface area contributed by atoms with E-state index in [0.29, 0.717) is 0 Å². The first-order valence-electron chi connectivity index (χ1n) is 4.71. The summed E-state index contributed by atoms with van der Waals surface area (Å²) in [5.41, 5.74) is 6.35. The highest BCUT2D eigenvalue weighted by molar-refractivity contribution is 5.97. The zero-order valence-electron chi connectivity index (χ0n) is 8.81. The quantitative estimate of drug-likeness (QED) is 0.353. The second-order valence-corrected chi connectivity index (χ2v) is 3.41. The Labute approximate surface area is 88.7 Å². The molecule has 1 aromatic carbocycles. The second kappa shape index (κ2) is 5.14. The van der Waals surface area contributed by atoms with Gasteiger partial charge in [0.25, 0.3) is 0 Å². The van der Waals surface area contributed by atoms with E-state index in [1.165, 1.54) is 0 Å². The predicted molar refractivity (Wildman–Crippen MR) is 58.1 cm³/mol. The first-order chi connectivity index (χ1) is 7.11. The maximum atomic E-state index is 11.1. The Balaban J connectivity index is 2.65. The van der Waals surface area contributed by atoms with Crippen LogP contribution in [0.2, 0.25) is 0 Å². The van der Waals surface area contributed by atoms with E-state index in [2.05, 4.69) is 9.99 Å². The molecule has 2 N–H and O–H groups in total. The van der Waals surface area contributed by atoms with E-state index < -0.39 is 5.97 Å². The van der Waals surface area contributed by atoms with Crippen LogP contribution in [0, 0.1) is 5.92 Å². The molecule has 4 heteroatoms. The topological polar surface area (TPSA) is 64.7 Å². The molecule has 0 fully saturated rings. The van der Waals surface area contributed by atoms with Gasteiger partial charge in [-0.15, -0.1) is 0 Å². The summed E-state index contributed by atoms with van der Waals surface area (Å²) in [6, 6.07) is 9.13. The molecule has 0 radical (unpaired) electrons. The molecule has 0 aliphatic carbocycles. The fourth-order valence-electron chi connectivity index (χ4n) is 0.861. The van der Waals surface area contributed by atoms with Gasteiger partial charge in [-0.2, -0.15) is 0 Å². The van der Waals surface area contributed by atoms with E-state index in [4.69, 9.17) is 5.73 Å². The Morgan fingerprint density at radius 1 is 1.33 bits per heavy atom. The smallest absolute Gasteiger partial charge is 0.337 e. The Bertz CT molecular complexity index is 358. The van der Waals surface area contributed by atoms with Crippen LogP contribution in [0.3, 0.4) is 0 Å². The molecule has 80 valence electrons. The van der Waals surface area contributed by atoms with Crippen molar-refractivity contribution < 1.29 is 9.63 Å². The molecule has 0 spiro atoms. The molecule has 0 heterocycles. The van der Waals surface area contributed by atoms with Crippen molar-refractivity contribution in [3.63, 3.8) is 0 Å². The second-order valence-electron chi connectivity index (χ2n) is 3.41. The van der Waals surface area contributed by atoms with E-state index in [1.54, 1.807) is 26.0 Å². The lowest BCUT2D eigenvalue weighted by Crippen LogP contribution is -2.16. The molecule has 0 saturated heterocycles. The number of amidine groups is 1. The van der Waals surface area contributed by atoms with Gasteiger partial charge in [0.15, 0.2) is 5.84 Å². The lowest BCUT2D eigenvalue weighted by Gasteiger charge is -2.02. The van der Waals surface area contributed by atoms with Gasteiger partial charge in [-0.05, 0) is 0 Å². The Hall–Kier alpha value is -1.84. The lowest BCUT2D eigenvalue weighted by atomic mass is 10.2. The molecule has 0 bridgehead atoms. The summed E-state index contributed by atoms with van der Waals surface area (Å²) in [5, 5.41) is 3.56. The maximum Gasteiger partial charge on any atom is 0.337 e. The number of carbonyl (C=O) groups excluding carboxylic acids is 1. The highest BCUT2D eigenvalue weighted by Gasteiger charge is 2.08. The number of hydrogen-bond donors (Lipinski definition) is 1. The molecule has 0 aromatic heterocycles. The Kier molecular flexibility index (Phi) is 3.85. The molecule has 1 aromatic rings. The number of nitrogens with two attached hydrogens (primary N) is 1. The standard InChI is InChI=1S/C11H14N2O2/c1-8(2)11(14)15-13-10(12)9-6-4-3-5-7-9/h3-8H,1-2H3,(H2,12,13). The van der Waals surface area contributed by atoms with Gasteiger partial charge in [0.05, 0.1) is 5.92 Å². The van der Waals surface area contributed by atoms with Crippen LogP contribution >= 0.6 is 0 Å². The summed E-state index contributed by atoms with van der Waals surface area (Å²) in [6.45, 7) is 3.47. The summed E-state index contributed by atoms with van der Waals surface area (Å²) in [6.07, 6.45) is 0. The fourth-order valence-corrected chi connectivity index (χ4v) is 0.861. The molecule has 0 atom stereocenters. The van der Waals surface area contributed by atoms with Crippen molar-refractivity contribution in [1.82, 2.24) is 0 Å². The normalized spacial score (nSPS) is 11.5. The van der Waals surface area contributed by atoms with Crippen LogP contribution < -0.4 is 5.73 Å². The van der Waals surface area contributed by atoms with E-state index >= 15 is 0 Å². The molecule has 0 aliphatic heterocycles. The van der Waals surface area contributed by atoms with Crippen molar-refractivity contribution in [1.29, 1.82) is 0 Å².